The van der Waals surface area contributed by atoms with Crippen LogP contribution >= 0.6 is 0 Å². The van der Waals surface area contributed by atoms with Crippen molar-refractivity contribution in [2.45, 2.75) is 38.1 Å². The van der Waals surface area contributed by atoms with Crippen LogP contribution in [0, 0.1) is 6.92 Å². The zero-order valence-electron chi connectivity index (χ0n) is 14.9. The summed E-state index contributed by atoms with van der Waals surface area (Å²) in [6.07, 6.45) is 2.42. The third kappa shape index (κ3) is 3.53. The molecule has 3 N–H and O–H groups in total. The van der Waals surface area contributed by atoms with Gasteiger partial charge in [-0.2, -0.15) is 0 Å². The third-order valence-corrected chi connectivity index (χ3v) is 4.81. The average molecular weight is 364 g/mol. The quantitative estimate of drug-likeness (QED) is 0.697. The number of nitrogens with two attached hydrogens (primary N) is 1. The van der Waals surface area contributed by atoms with Crippen molar-refractivity contribution >= 4 is 22.9 Å². The van der Waals surface area contributed by atoms with Crippen LogP contribution in [0.3, 0.4) is 0 Å². The average Bonchev–Trinajstić information content (AvgIpc) is 3.45. The minimum atomic E-state index is -0.812. The van der Waals surface area contributed by atoms with Crippen LogP contribution in [0.4, 0.5) is 0 Å². The summed E-state index contributed by atoms with van der Waals surface area (Å²) in [5, 5.41) is 7.27. The van der Waals surface area contributed by atoms with Crippen molar-refractivity contribution in [3.8, 4) is 0 Å². The van der Waals surface area contributed by atoms with Gasteiger partial charge in [-0.05, 0) is 31.4 Å². The Kier molecular flexibility index (Phi) is 4.35. The summed E-state index contributed by atoms with van der Waals surface area (Å²) in [5.74, 6) is -0.611. The molecule has 1 saturated carbocycles. The number of carbonyl (C=O) groups is 2. The van der Waals surface area contributed by atoms with Gasteiger partial charge in [-0.3, -0.25) is 9.59 Å². The van der Waals surface area contributed by atoms with E-state index in [1.807, 2.05) is 30.3 Å². The molecule has 0 bridgehead atoms. The Morgan fingerprint density at radius 2 is 2.04 bits per heavy atom. The lowest BCUT2D eigenvalue weighted by atomic mass is 10.0. The molecule has 1 atom stereocenters. The van der Waals surface area contributed by atoms with Crippen molar-refractivity contribution in [3.63, 3.8) is 0 Å². The van der Waals surface area contributed by atoms with E-state index in [0.29, 0.717) is 34.7 Å². The van der Waals surface area contributed by atoms with Crippen LogP contribution in [-0.2, 0) is 11.2 Å². The van der Waals surface area contributed by atoms with Crippen LogP contribution in [-0.4, -0.2) is 28.0 Å². The second-order valence-electron chi connectivity index (χ2n) is 6.94. The predicted molar refractivity (Wildman–Crippen MR) is 99.1 cm³/mol. The number of hydrogen-bond donors (Lipinski definition) is 2. The first-order chi connectivity index (χ1) is 13.0. The lowest BCUT2D eigenvalue weighted by molar-refractivity contribution is -0.119. The van der Waals surface area contributed by atoms with Gasteiger partial charge in [0, 0.05) is 18.0 Å². The maximum atomic E-state index is 13.0. The molecule has 0 aliphatic heterocycles. The summed E-state index contributed by atoms with van der Waals surface area (Å²) in [6.45, 7) is 1.76. The fourth-order valence-electron chi connectivity index (χ4n) is 3.19. The van der Waals surface area contributed by atoms with Crippen molar-refractivity contribution in [2.24, 2.45) is 5.73 Å². The van der Waals surface area contributed by atoms with Crippen LogP contribution in [0.25, 0.3) is 11.1 Å². The fourth-order valence-corrected chi connectivity index (χ4v) is 3.19. The van der Waals surface area contributed by atoms with Crippen LogP contribution in [0.2, 0.25) is 0 Å². The van der Waals surface area contributed by atoms with Gasteiger partial charge in [-0.15, -0.1) is 0 Å². The normalized spacial score (nSPS) is 14.9. The Labute approximate surface area is 155 Å². The Morgan fingerprint density at radius 1 is 1.30 bits per heavy atom. The number of fused-ring (bicyclic) bond motifs is 1. The number of benzene rings is 1. The number of nitrogens with zero attached hydrogens (tertiary/aromatic N) is 2. The molecule has 1 aliphatic rings. The highest BCUT2D eigenvalue weighted by Crippen LogP contribution is 2.40. The molecule has 1 aliphatic carbocycles. The molecule has 1 fully saturated rings. The van der Waals surface area contributed by atoms with Crippen molar-refractivity contribution < 1.29 is 14.1 Å². The first kappa shape index (κ1) is 17.2. The second kappa shape index (κ2) is 6.83. The summed E-state index contributed by atoms with van der Waals surface area (Å²) in [4.78, 5) is 29.4. The van der Waals surface area contributed by atoms with Crippen LogP contribution < -0.4 is 11.1 Å². The smallest absolute Gasteiger partial charge is 0.259 e. The summed E-state index contributed by atoms with van der Waals surface area (Å²) in [5.41, 5.74) is 8.62. The van der Waals surface area contributed by atoms with E-state index in [4.69, 9.17) is 10.3 Å². The van der Waals surface area contributed by atoms with E-state index >= 15 is 0 Å². The number of aryl methyl sites for hydroxylation is 1. The van der Waals surface area contributed by atoms with Crippen LogP contribution in [0.5, 0.6) is 0 Å². The first-order valence-corrected chi connectivity index (χ1v) is 8.94. The number of primary amides is 1. The molecular weight excluding hydrogens is 344 g/mol. The van der Waals surface area contributed by atoms with Crippen molar-refractivity contribution in [2.75, 3.05) is 0 Å². The Hall–Kier alpha value is -3.22. The molecule has 2 heterocycles. The van der Waals surface area contributed by atoms with E-state index in [1.165, 1.54) is 0 Å². The molecule has 0 radical (unpaired) electrons. The molecule has 27 heavy (non-hydrogen) atoms. The maximum absolute atomic E-state index is 13.0. The van der Waals surface area contributed by atoms with Crippen molar-refractivity contribution in [1.29, 1.82) is 0 Å². The number of aromatic nitrogens is 2. The molecule has 7 nitrogen and oxygen atoms in total. The predicted octanol–water partition coefficient (Wildman–Crippen LogP) is 2.24. The zero-order chi connectivity index (χ0) is 19.0. The highest BCUT2D eigenvalue weighted by Gasteiger charge is 2.29. The van der Waals surface area contributed by atoms with Gasteiger partial charge in [0.25, 0.3) is 11.6 Å². The number of hydrogen-bond acceptors (Lipinski definition) is 5. The summed E-state index contributed by atoms with van der Waals surface area (Å²) < 4.78 is 5.27. The molecule has 7 heteroatoms. The minimum Gasteiger partial charge on any atom is -0.368 e. The molecule has 138 valence electrons. The lowest BCUT2D eigenvalue weighted by Gasteiger charge is -2.16. The molecule has 1 aromatic carbocycles. The van der Waals surface area contributed by atoms with E-state index in [-0.39, 0.29) is 5.91 Å². The number of rotatable bonds is 6. The summed E-state index contributed by atoms with van der Waals surface area (Å²) in [6, 6.07) is 10.4. The standard InChI is InChI=1S/C20H20N4O3/c1-11-17-14(10-15(13-7-8-13)23-20(17)27-24-11)19(26)22-16(18(21)25)9-12-5-3-2-4-6-12/h2-6,10,13,16H,7-9H2,1H3,(H2,21,25)(H,22,26). The molecule has 0 saturated heterocycles. The van der Waals surface area contributed by atoms with Gasteiger partial charge < -0.3 is 15.6 Å². The first-order valence-electron chi connectivity index (χ1n) is 8.94. The number of carbonyl (C=O) groups excluding carboxylic acids is 2. The van der Waals surface area contributed by atoms with Gasteiger partial charge in [0.2, 0.25) is 5.91 Å². The Morgan fingerprint density at radius 3 is 2.70 bits per heavy atom. The number of pyridine rings is 1. The van der Waals surface area contributed by atoms with E-state index in [1.54, 1.807) is 13.0 Å². The number of amides is 2. The molecule has 1 unspecified atom stereocenters. The summed E-state index contributed by atoms with van der Waals surface area (Å²) >= 11 is 0. The zero-order valence-corrected chi connectivity index (χ0v) is 14.9. The van der Waals surface area contributed by atoms with Gasteiger partial charge in [-0.25, -0.2) is 4.98 Å². The van der Waals surface area contributed by atoms with Crippen LogP contribution in [0.1, 0.15) is 46.1 Å². The van der Waals surface area contributed by atoms with E-state index in [0.717, 1.165) is 24.1 Å². The Bertz CT molecular complexity index is 1010. The maximum Gasteiger partial charge on any atom is 0.259 e. The van der Waals surface area contributed by atoms with Gasteiger partial charge in [0.1, 0.15) is 6.04 Å². The highest BCUT2D eigenvalue weighted by atomic mass is 16.5. The Balaban J connectivity index is 1.65. The van der Waals surface area contributed by atoms with E-state index < -0.39 is 11.9 Å². The van der Waals surface area contributed by atoms with Crippen LogP contribution in [0.15, 0.2) is 40.9 Å². The van der Waals surface area contributed by atoms with Gasteiger partial charge in [0.15, 0.2) is 0 Å². The minimum absolute atomic E-state index is 0.328. The lowest BCUT2D eigenvalue weighted by Crippen LogP contribution is -2.46. The van der Waals surface area contributed by atoms with Gasteiger partial charge in [-0.1, -0.05) is 35.5 Å². The second-order valence-corrected chi connectivity index (χ2v) is 6.94. The molecule has 2 aromatic heterocycles. The third-order valence-electron chi connectivity index (χ3n) is 4.81. The fraction of sp³-hybridized carbons (Fsp3) is 0.300. The molecule has 4 rings (SSSR count). The van der Waals surface area contributed by atoms with Gasteiger partial charge >= 0.3 is 0 Å². The molecule has 2 amide bonds. The van der Waals surface area contributed by atoms with Gasteiger partial charge in [0.05, 0.1) is 16.6 Å². The monoisotopic (exact) mass is 364 g/mol. The largest absolute Gasteiger partial charge is 0.368 e. The molecule has 3 aromatic rings. The van der Waals surface area contributed by atoms with Crippen molar-refractivity contribution in [3.05, 3.63) is 58.9 Å². The highest BCUT2D eigenvalue weighted by molar-refractivity contribution is 6.07. The van der Waals surface area contributed by atoms with E-state index in [2.05, 4.69) is 15.5 Å². The molecular formula is C20H20N4O3. The SMILES string of the molecule is Cc1noc2nc(C3CC3)cc(C(=O)NC(Cc3ccccc3)C(N)=O)c12. The summed E-state index contributed by atoms with van der Waals surface area (Å²) in [7, 11) is 0. The number of nitrogens with one attached hydrogen (secondary N) is 1. The van der Waals surface area contributed by atoms with E-state index in [9.17, 15) is 9.59 Å². The topological polar surface area (TPSA) is 111 Å². The molecule has 0 spiro atoms. The van der Waals surface area contributed by atoms with Crippen molar-refractivity contribution in [1.82, 2.24) is 15.5 Å².